The minimum Gasteiger partial charge on any atom is -0.457 e. The van der Waals surface area contributed by atoms with Crippen molar-refractivity contribution in [2.45, 2.75) is 32.4 Å². The number of rotatable bonds is 6. The molecule has 1 amide bonds. The smallest absolute Gasteiger partial charge is 0.338 e. The zero-order valence-corrected chi connectivity index (χ0v) is 13.6. The molecule has 1 aromatic carbocycles. The summed E-state index contributed by atoms with van der Waals surface area (Å²) in [4.78, 5) is 25.6. The first-order chi connectivity index (χ1) is 11.1. The molecule has 1 atom stereocenters. The topological polar surface area (TPSA) is 58.6 Å². The van der Waals surface area contributed by atoms with Crippen LogP contribution in [0.25, 0.3) is 0 Å². The standard InChI is InChI=1S/C18H24N2O3/c1-3-17(21)19-12-14-7-9-15(10-8-14)18(22)23-16-6-5-11-20(4-2)13-16/h3,7-10,16H,1,4-6,11-13H2,2H3,(H,19,21). The molecule has 1 unspecified atom stereocenters. The molecule has 2 rings (SSSR count). The van der Waals surface area contributed by atoms with Crippen LogP contribution in [0, 0.1) is 0 Å². The van der Waals surface area contributed by atoms with Crippen molar-refractivity contribution in [3.63, 3.8) is 0 Å². The highest BCUT2D eigenvalue weighted by Gasteiger charge is 2.22. The van der Waals surface area contributed by atoms with E-state index in [1.165, 1.54) is 6.08 Å². The maximum absolute atomic E-state index is 12.2. The van der Waals surface area contributed by atoms with Crippen molar-refractivity contribution in [3.05, 3.63) is 48.0 Å². The van der Waals surface area contributed by atoms with Crippen LogP contribution in [0.15, 0.2) is 36.9 Å². The lowest BCUT2D eigenvalue weighted by molar-refractivity contribution is -0.116. The molecule has 1 aliphatic heterocycles. The maximum Gasteiger partial charge on any atom is 0.338 e. The first-order valence-electron chi connectivity index (χ1n) is 8.05. The summed E-state index contributed by atoms with van der Waals surface area (Å²) < 4.78 is 5.60. The Morgan fingerprint density at radius 2 is 2.13 bits per heavy atom. The molecule has 124 valence electrons. The number of nitrogens with one attached hydrogen (secondary N) is 1. The van der Waals surface area contributed by atoms with Crippen LogP contribution in [0.3, 0.4) is 0 Å². The number of esters is 1. The number of likely N-dealkylation sites (N-methyl/N-ethyl adjacent to an activating group) is 1. The number of likely N-dealkylation sites (tertiary alicyclic amines) is 1. The normalized spacial score (nSPS) is 18.2. The van der Waals surface area contributed by atoms with Crippen molar-refractivity contribution in [2.24, 2.45) is 0 Å². The van der Waals surface area contributed by atoms with Crippen molar-refractivity contribution in [2.75, 3.05) is 19.6 Å². The van der Waals surface area contributed by atoms with Crippen molar-refractivity contribution < 1.29 is 14.3 Å². The molecular weight excluding hydrogens is 292 g/mol. The molecule has 1 N–H and O–H groups in total. The van der Waals surface area contributed by atoms with Gasteiger partial charge in [0, 0.05) is 13.1 Å². The number of nitrogens with zero attached hydrogens (tertiary/aromatic N) is 1. The Hall–Kier alpha value is -2.14. The zero-order valence-electron chi connectivity index (χ0n) is 13.6. The Bertz CT molecular complexity index is 554. The van der Waals surface area contributed by atoms with Crippen molar-refractivity contribution in [1.29, 1.82) is 0 Å². The van der Waals surface area contributed by atoms with E-state index in [9.17, 15) is 9.59 Å². The lowest BCUT2D eigenvalue weighted by Crippen LogP contribution is -2.40. The van der Waals surface area contributed by atoms with Crippen LogP contribution in [0.2, 0.25) is 0 Å². The lowest BCUT2D eigenvalue weighted by atomic mass is 10.1. The highest BCUT2D eigenvalue weighted by Crippen LogP contribution is 2.15. The van der Waals surface area contributed by atoms with Crippen LogP contribution in [0.1, 0.15) is 35.7 Å². The molecule has 0 radical (unpaired) electrons. The summed E-state index contributed by atoms with van der Waals surface area (Å²) in [6.07, 6.45) is 3.19. The number of hydrogen-bond donors (Lipinski definition) is 1. The second-order valence-corrected chi connectivity index (χ2v) is 5.68. The fourth-order valence-corrected chi connectivity index (χ4v) is 2.64. The maximum atomic E-state index is 12.2. The van der Waals surface area contributed by atoms with Gasteiger partial charge in [-0.05, 0) is 49.7 Å². The molecular formula is C18H24N2O3. The average Bonchev–Trinajstić information content (AvgIpc) is 2.60. The fourth-order valence-electron chi connectivity index (χ4n) is 2.64. The summed E-state index contributed by atoms with van der Waals surface area (Å²) in [5, 5.41) is 2.70. The first-order valence-corrected chi connectivity index (χ1v) is 8.05. The Balaban J connectivity index is 1.87. The second-order valence-electron chi connectivity index (χ2n) is 5.68. The lowest BCUT2D eigenvalue weighted by Gasteiger charge is -2.31. The molecule has 1 fully saturated rings. The summed E-state index contributed by atoms with van der Waals surface area (Å²) in [5.74, 6) is -0.499. The van der Waals surface area contributed by atoms with E-state index in [4.69, 9.17) is 4.74 Å². The zero-order chi connectivity index (χ0) is 16.7. The molecule has 0 aromatic heterocycles. The van der Waals surface area contributed by atoms with Gasteiger partial charge in [-0.3, -0.25) is 9.69 Å². The molecule has 1 aromatic rings. The molecule has 0 aliphatic carbocycles. The summed E-state index contributed by atoms with van der Waals surface area (Å²) in [6, 6.07) is 7.11. The monoisotopic (exact) mass is 316 g/mol. The van der Waals surface area contributed by atoms with Crippen LogP contribution >= 0.6 is 0 Å². The number of benzene rings is 1. The highest BCUT2D eigenvalue weighted by molar-refractivity contribution is 5.89. The number of carbonyl (C=O) groups excluding carboxylic acids is 2. The van der Waals surface area contributed by atoms with Crippen LogP contribution in [0.4, 0.5) is 0 Å². The minimum atomic E-state index is -0.283. The number of ether oxygens (including phenoxy) is 1. The SMILES string of the molecule is C=CC(=O)NCc1ccc(C(=O)OC2CCCN(CC)C2)cc1. The van der Waals surface area contributed by atoms with Crippen LogP contribution < -0.4 is 5.32 Å². The third kappa shape index (κ3) is 5.21. The van der Waals surface area contributed by atoms with Gasteiger partial charge in [0.25, 0.3) is 0 Å². The highest BCUT2D eigenvalue weighted by atomic mass is 16.5. The Labute approximate surface area is 137 Å². The number of amides is 1. The van der Waals surface area contributed by atoms with Crippen LogP contribution in [0.5, 0.6) is 0 Å². The molecule has 5 heteroatoms. The Morgan fingerprint density at radius 1 is 1.39 bits per heavy atom. The predicted molar refractivity (Wildman–Crippen MR) is 89.0 cm³/mol. The van der Waals surface area contributed by atoms with E-state index in [1.54, 1.807) is 12.1 Å². The van der Waals surface area contributed by atoms with Crippen LogP contribution in [-0.4, -0.2) is 42.5 Å². The van der Waals surface area contributed by atoms with Crippen LogP contribution in [-0.2, 0) is 16.1 Å². The Kier molecular flexibility index (Phi) is 6.35. The summed E-state index contributed by atoms with van der Waals surface area (Å²) in [6.45, 7) is 8.81. The van der Waals surface area contributed by atoms with E-state index in [-0.39, 0.29) is 18.0 Å². The molecule has 23 heavy (non-hydrogen) atoms. The van der Waals surface area contributed by atoms with Gasteiger partial charge in [-0.25, -0.2) is 4.79 Å². The van der Waals surface area contributed by atoms with Gasteiger partial charge < -0.3 is 10.1 Å². The van der Waals surface area contributed by atoms with E-state index in [1.807, 2.05) is 12.1 Å². The molecule has 0 spiro atoms. The second kappa shape index (κ2) is 8.48. The molecule has 0 saturated carbocycles. The van der Waals surface area contributed by atoms with Crippen molar-refractivity contribution in [3.8, 4) is 0 Å². The van der Waals surface area contributed by atoms with E-state index in [2.05, 4.69) is 23.7 Å². The molecule has 1 aliphatic rings. The van der Waals surface area contributed by atoms with Gasteiger partial charge in [-0.1, -0.05) is 25.6 Å². The predicted octanol–water partition coefficient (Wildman–Crippen LogP) is 2.13. The van der Waals surface area contributed by atoms with Crippen molar-refractivity contribution >= 4 is 11.9 Å². The van der Waals surface area contributed by atoms with Gasteiger partial charge in [0.1, 0.15) is 6.10 Å². The van der Waals surface area contributed by atoms with E-state index >= 15 is 0 Å². The number of hydrogen-bond acceptors (Lipinski definition) is 4. The number of carbonyl (C=O) groups is 2. The molecule has 1 saturated heterocycles. The third-order valence-corrected chi connectivity index (χ3v) is 4.02. The fraction of sp³-hybridized carbons (Fsp3) is 0.444. The molecule has 0 bridgehead atoms. The quantitative estimate of drug-likeness (QED) is 0.645. The van der Waals surface area contributed by atoms with Gasteiger partial charge in [-0.2, -0.15) is 0 Å². The molecule has 1 heterocycles. The Morgan fingerprint density at radius 3 is 2.78 bits per heavy atom. The van der Waals surface area contributed by atoms with Gasteiger partial charge in [0.05, 0.1) is 5.56 Å². The number of piperidine rings is 1. The molecule has 5 nitrogen and oxygen atoms in total. The summed E-state index contributed by atoms with van der Waals surface area (Å²) in [5.41, 5.74) is 1.46. The van der Waals surface area contributed by atoms with Gasteiger partial charge >= 0.3 is 5.97 Å². The van der Waals surface area contributed by atoms with E-state index in [0.29, 0.717) is 12.1 Å². The third-order valence-electron chi connectivity index (χ3n) is 4.02. The average molecular weight is 316 g/mol. The van der Waals surface area contributed by atoms with E-state index in [0.717, 1.165) is 38.0 Å². The van der Waals surface area contributed by atoms with E-state index < -0.39 is 0 Å². The largest absolute Gasteiger partial charge is 0.457 e. The first kappa shape index (κ1) is 17.2. The van der Waals surface area contributed by atoms with Gasteiger partial charge in [0.15, 0.2) is 0 Å². The van der Waals surface area contributed by atoms with Crippen molar-refractivity contribution in [1.82, 2.24) is 10.2 Å². The van der Waals surface area contributed by atoms with Gasteiger partial charge in [-0.15, -0.1) is 0 Å². The minimum absolute atomic E-state index is 0.0252. The van der Waals surface area contributed by atoms with Gasteiger partial charge in [0.2, 0.25) is 5.91 Å². The summed E-state index contributed by atoms with van der Waals surface area (Å²) >= 11 is 0. The summed E-state index contributed by atoms with van der Waals surface area (Å²) in [7, 11) is 0.